The van der Waals surface area contributed by atoms with E-state index in [4.69, 9.17) is 4.74 Å². The van der Waals surface area contributed by atoms with Gasteiger partial charge in [-0.15, -0.1) is 0 Å². The largest absolute Gasteiger partial charge is 0.496 e. The number of aliphatic hydroxyl groups excluding tert-OH is 1. The van der Waals surface area contributed by atoms with Gasteiger partial charge in [-0.1, -0.05) is 54.1 Å². The van der Waals surface area contributed by atoms with Crippen molar-refractivity contribution in [1.82, 2.24) is 0 Å². The molecule has 0 radical (unpaired) electrons. The maximum absolute atomic E-state index is 12.1. The summed E-state index contributed by atoms with van der Waals surface area (Å²) < 4.78 is 5.62. The van der Waals surface area contributed by atoms with Crippen LogP contribution >= 0.6 is 0 Å². The molecule has 2 aromatic rings. The van der Waals surface area contributed by atoms with Crippen LogP contribution in [-0.4, -0.2) is 23.9 Å². The highest BCUT2D eigenvalue weighted by molar-refractivity contribution is 5.46. The Morgan fingerprint density at radius 2 is 1.70 bits per heavy atom. The highest BCUT2D eigenvalue weighted by Crippen LogP contribution is 2.55. The minimum Gasteiger partial charge on any atom is -0.496 e. The van der Waals surface area contributed by atoms with E-state index in [2.05, 4.69) is 6.07 Å². The van der Waals surface area contributed by atoms with Crippen molar-refractivity contribution in [2.45, 2.75) is 43.6 Å². The van der Waals surface area contributed by atoms with Crippen LogP contribution in [0, 0.1) is 5.92 Å². The lowest BCUT2D eigenvalue weighted by Crippen LogP contribution is -2.46. The number of para-hydroxylation sites is 1. The van der Waals surface area contributed by atoms with Gasteiger partial charge in [0.2, 0.25) is 0 Å². The van der Waals surface area contributed by atoms with Gasteiger partial charge in [0.25, 0.3) is 0 Å². The molecule has 2 N–H and O–H groups in total. The molecule has 3 atom stereocenters. The van der Waals surface area contributed by atoms with Gasteiger partial charge in [0.15, 0.2) is 0 Å². The van der Waals surface area contributed by atoms with Crippen molar-refractivity contribution in [3.8, 4) is 5.75 Å². The van der Waals surface area contributed by atoms with Gasteiger partial charge in [-0.25, -0.2) is 0 Å². The number of ether oxygens (including phenoxy) is 1. The highest BCUT2D eigenvalue weighted by atomic mass is 16.5. The summed E-state index contributed by atoms with van der Waals surface area (Å²) in [6, 6.07) is 17.9. The van der Waals surface area contributed by atoms with Gasteiger partial charge in [-0.3, -0.25) is 0 Å². The molecule has 0 spiro atoms. The maximum atomic E-state index is 12.1. The summed E-state index contributed by atoms with van der Waals surface area (Å²) >= 11 is 0. The molecule has 2 aliphatic rings. The molecule has 2 aliphatic carbocycles. The van der Waals surface area contributed by atoms with E-state index >= 15 is 0 Å². The van der Waals surface area contributed by atoms with Gasteiger partial charge < -0.3 is 14.9 Å². The van der Waals surface area contributed by atoms with Gasteiger partial charge >= 0.3 is 0 Å². The first-order chi connectivity index (χ1) is 13.2. The van der Waals surface area contributed by atoms with E-state index in [0.29, 0.717) is 0 Å². The van der Waals surface area contributed by atoms with Crippen LogP contribution in [-0.2, 0) is 5.60 Å². The van der Waals surface area contributed by atoms with Crippen LogP contribution in [0.5, 0.6) is 5.75 Å². The standard InChI is InChI=1S/C24H28O3/c1-27-23-14-8-6-12-19(23)20-15-17-9-5-7-13-21(17)24(26,22(20)16-25)18-10-3-2-4-11-18/h2-4,6,8,10-12,14,20,22,25-26H,5,7,9,13,15-16H2,1H3/t20-,22-,24+/m0/s1. The lowest BCUT2D eigenvalue weighted by molar-refractivity contribution is -0.0393. The first-order valence-corrected chi connectivity index (χ1v) is 9.93. The van der Waals surface area contributed by atoms with Crippen molar-refractivity contribution in [3.63, 3.8) is 0 Å². The molecule has 0 aliphatic heterocycles. The van der Waals surface area contributed by atoms with E-state index < -0.39 is 5.60 Å². The molecule has 0 amide bonds. The Morgan fingerprint density at radius 3 is 2.44 bits per heavy atom. The summed E-state index contributed by atoms with van der Waals surface area (Å²) in [6.07, 6.45) is 5.11. The molecule has 0 unspecified atom stereocenters. The summed E-state index contributed by atoms with van der Waals surface area (Å²) in [6.45, 7) is -0.0646. The molecule has 3 heteroatoms. The summed E-state index contributed by atoms with van der Waals surface area (Å²) in [7, 11) is 1.68. The first-order valence-electron chi connectivity index (χ1n) is 9.93. The number of rotatable bonds is 4. The number of benzene rings is 2. The van der Waals surface area contributed by atoms with Crippen LogP contribution in [0.4, 0.5) is 0 Å². The van der Waals surface area contributed by atoms with E-state index in [1.165, 1.54) is 12.0 Å². The Kier molecular flexibility index (Phi) is 5.07. The predicted molar refractivity (Wildman–Crippen MR) is 107 cm³/mol. The van der Waals surface area contributed by atoms with E-state index in [9.17, 15) is 10.2 Å². The fourth-order valence-corrected chi connectivity index (χ4v) is 5.22. The van der Waals surface area contributed by atoms with Crippen LogP contribution in [0.1, 0.15) is 49.1 Å². The summed E-state index contributed by atoms with van der Waals surface area (Å²) in [4.78, 5) is 0. The molecule has 0 bridgehead atoms. The molecule has 27 heavy (non-hydrogen) atoms. The molecular weight excluding hydrogens is 336 g/mol. The maximum Gasteiger partial charge on any atom is 0.122 e. The minimum atomic E-state index is -1.13. The van der Waals surface area contributed by atoms with Crippen LogP contribution in [0.25, 0.3) is 0 Å². The zero-order chi connectivity index (χ0) is 18.9. The summed E-state index contributed by atoms with van der Waals surface area (Å²) in [5.41, 5.74) is 3.34. The molecular formula is C24H28O3. The van der Waals surface area contributed by atoms with E-state index in [-0.39, 0.29) is 18.4 Å². The van der Waals surface area contributed by atoms with Gasteiger partial charge in [-0.05, 0) is 60.8 Å². The molecule has 0 saturated heterocycles. The Labute approximate surface area is 161 Å². The molecule has 4 rings (SSSR count). The third-order valence-corrected chi connectivity index (χ3v) is 6.48. The normalized spacial score (nSPS) is 28.0. The topological polar surface area (TPSA) is 49.7 Å². The van der Waals surface area contributed by atoms with Gasteiger partial charge in [-0.2, -0.15) is 0 Å². The SMILES string of the molecule is COc1ccccc1[C@@H]1CC2=C(CCCC2)[C@](O)(c2ccccc2)[C@H]1CO. The fraction of sp³-hybridized carbons (Fsp3) is 0.417. The number of methoxy groups -OCH3 is 1. The van der Waals surface area contributed by atoms with Gasteiger partial charge in [0.1, 0.15) is 11.4 Å². The molecule has 0 fully saturated rings. The average molecular weight is 364 g/mol. The minimum absolute atomic E-state index is 0.0215. The van der Waals surface area contributed by atoms with Gasteiger partial charge in [0, 0.05) is 12.5 Å². The van der Waals surface area contributed by atoms with E-state index in [1.54, 1.807) is 7.11 Å². The number of aliphatic hydroxyl groups is 2. The average Bonchev–Trinajstić information content (AvgIpc) is 2.74. The molecule has 0 heterocycles. The quantitative estimate of drug-likeness (QED) is 0.783. The number of allylic oxidation sites excluding steroid dienone is 1. The summed E-state index contributed by atoms with van der Waals surface area (Å²) in [5, 5.41) is 22.6. The Hall–Kier alpha value is -2.10. The van der Waals surface area contributed by atoms with Crippen molar-refractivity contribution < 1.29 is 14.9 Å². The van der Waals surface area contributed by atoms with Crippen LogP contribution in [0.3, 0.4) is 0 Å². The molecule has 2 aromatic carbocycles. The lowest BCUT2D eigenvalue weighted by Gasteiger charge is -2.49. The van der Waals surface area contributed by atoms with E-state index in [1.807, 2.05) is 48.5 Å². The van der Waals surface area contributed by atoms with Crippen LogP contribution in [0.2, 0.25) is 0 Å². The Balaban J connectivity index is 1.90. The predicted octanol–water partition coefficient (Wildman–Crippen LogP) is 4.55. The second-order valence-corrected chi connectivity index (χ2v) is 7.76. The van der Waals surface area contributed by atoms with Crippen molar-refractivity contribution in [3.05, 3.63) is 76.9 Å². The third kappa shape index (κ3) is 2.99. The van der Waals surface area contributed by atoms with Crippen LogP contribution in [0.15, 0.2) is 65.7 Å². The number of hydrogen-bond donors (Lipinski definition) is 2. The monoisotopic (exact) mass is 364 g/mol. The molecule has 3 nitrogen and oxygen atoms in total. The summed E-state index contributed by atoms with van der Waals surface area (Å²) in [5.74, 6) is 0.553. The van der Waals surface area contributed by atoms with Crippen molar-refractivity contribution >= 4 is 0 Å². The zero-order valence-electron chi connectivity index (χ0n) is 15.9. The first kappa shape index (κ1) is 18.3. The fourth-order valence-electron chi connectivity index (χ4n) is 5.22. The molecule has 0 aromatic heterocycles. The van der Waals surface area contributed by atoms with Gasteiger partial charge in [0.05, 0.1) is 7.11 Å². The molecule has 0 saturated carbocycles. The second-order valence-electron chi connectivity index (χ2n) is 7.76. The highest BCUT2D eigenvalue weighted by Gasteiger charge is 2.50. The van der Waals surface area contributed by atoms with E-state index in [0.717, 1.165) is 48.1 Å². The lowest BCUT2D eigenvalue weighted by atomic mass is 9.59. The zero-order valence-corrected chi connectivity index (χ0v) is 15.9. The van der Waals surface area contributed by atoms with Crippen LogP contribution < -0.4 is 4.74 Å². The van der Waals surface area contributed by atoms with Crippen molar-refractivity contribution in [2.24, 2.45) is 5.92 Å². The second kappa shape index (κ2) is 7.49. The Morgan fingerprint density at radius 1 is 1.00 bits per heavy atom. The number of hydrogen-bond acceptors (Lipinski definition) is 3. The smallest absolute Gasteiger partial charge is 0.122 e. The third-order valence-electron chi connectivity index (χ3n) is 6.48. The Bertz CT molecular complexity index is 827. The van der Waals surface area contributed by atoms with Crippen molar-refractivity contribution in [2.75, 3.05) is 13.7 Å². The van der Waals surface area contributed by atoms with Crippen molar-refractivity contribution in [1.29, 1.82) is 0 Å². The molecule has 142 valence electrons.